The van der Waals surface area contributed by atoms with Crippen LogP contribution in [0.5, 0.6) is 0 Å². The SMILES string of the molecule is Cc1ccc(N)c(C(O)C(O)CCBr)c1. The number of anilines is 1. The van der Waals surface area contributed by atoms with Crippen LogP contribution in [0.1, 0.15) is 23.7 Å². The van der Waals surface area contributed by atoms with Gasteiger partial charge in [0, 0.05) is 16.6 Å². The van der Waals surface area contributed by atoms with Crippen LogP contribution in [-0.4, -0.2) is 21.6 Å². The van der Waals surface area contributed by atoms with E-state index in [0.29, 0.717) is 23.0 Å². The van der Waals surface area contributed by atoms with E-state index in [1.165, 1.54) is 0 Å². The average Bonchev–Trinajstić information content (AvgIpc) is 2.21. The summed E-state index contributed by atoms with van der Waals surface area (Å²) in [6.07, 6.45) is -1.20. The summed E-state index contributed by atoms with van der Waals surface area (Å²) >= 11 is 3.22. The van der Waals surface area contributed by atoms with Gasteiger partial charge in [0.2, 0.25) is 0 Å². The van der Waals surface area contributed by atoms with Crippen LogP contribution in [0, 0.1) is 6.92 Å². The van der Waals surface area contributed by atoms with Crippen molar-refractivity contribution in [1.82, 2.24) is 0 Å². The van der Waals surface area contributed by atoms with Gasteiger partial charge in [0.05, 0.1) is 6.10 Å². The number of alkyl halides is 1. The molecule has 2 atom stereocenters. The van der Waals surface area contributed by atoms with Crippen LogP contribution in [0.25, 0.3) is 0 Å². The lowest BCUT2D eigenvalue weighted by Gasteiger charge is -2.19. The Bertz CT molecular complexity index is 330. The molecule has 4 N–H and O–H groups in total. The summed E-state index contributed by atoms with van der Waals surface area (Å²) in [5.74, 6) is 0. The van der Waals surface area contributed by atoms with E-state index in [2.05, 4.69) is 15.9 Å². The fourth-order valence-electron chi connectivity index (χ4n) is 1.43. The zero-order valence-corrected chi connectivity index (χ0v) is 10.2. The quantitative estimate of drug-likeness (QED) is 0.579. The van der Waals surface area contributed by atoms with Crippen molar-refractivity contribution in [2.75, 3.05) is 11.1 Å². The molecule has 0 spiro atoms. The van der Waals surface area contributed by atoms with E-state index in [1.807, 2.05) is 13.0 Å². The lowest BCUT2D eigenvalue weighted by molar-refractivity contribution is 0.0178. The second kappa shape index (κ2) is 5.49. The summed E-state index contributed by atoms with van der Waals surface area (Å²) in [7, 11) is 0. The van der Waals surface area contributed by atoms with Gasteiger partial charge < -0.3 is 15.9 Å². The van der Waals surface area contributed by atoms with Crippen molar-refractivity contribution in [2.24, 2.45) is 0 Å². The largest absolute Gasteiger partial charge is 0.398 e. The molecular weight excluding hydrogens is 258 g/mol. The highest BCUT2D eigenvalue weighted by Gasteiger charge is 2.19. The zero-order valence-electron chi connectivity index (χ0n) is 8.65. The van der Waals surface area contributed by atoms with Crippen molar-refractivity contribution in [3.8, 4) is 0 Å². The highest BCUT2D eigenvalue weighted by Crippen LogP contribution is 2.25. The van der Waals surface area contributed by atoms with Gasteiger partial charge in [0.1, 0.15) is 6.10 Å². The Kier molecular flexibility index (Phi) is 4.57. The minimum atomic E-state index is -0.914. The van der Waals surface area contributed by atoms with Gasteiger partial charge in [0.25, 0.3) is 0 Å². The van der Waals surface area contributed by atoms with Crippen molar-refractivity contribution < 1.29 is 10.2 Å². The van der Waals surface area contributed by atoms with Gasteiger partial charge in [-0.3, -0.25) is 0 Å². The predicted octanol–water partition coefficient (Wildman–Crippen LogP) is 1.76. The van der Waals surface area contributed by atoms with Crippen LogP contribution in [0.3, 0.4) is 0 Å². The molecule has 0 fully saturated rings. The molecule has 0 saturated carbocycles. The Balaban J connectivity index is 2.89. The molecule has 0 bridgehead atoms. The highest BCUT2D eigenvalue weighted by atomic mass is 79.9. The van der Waals surface area contributed by atoms with Gasteiger partial charge in [-0.25, -0.2) is 0 Å². The average molecular weight is 274 g/mol. The minimum Gasteiger partial charge on any atom is -0.398 e. The van der Waals surface area contributed by atoms with Gasteiger partial charge >= 0.3 is 0 Å². The van der Waals surface area contributed by atoms with E-state index in [-0.39, 0.29) is 0 Å². The normalized spacial score (nSPS) is 14.9. The Morgan fingerprint density at radius 1 is 1.40 bits per heavy atom. The van der Waals surface area contributed by atoms with Crippen LogP contribution in [0.15, 0.2) is 18.2 Å². The number of hydrogen-bond donors (Lipinski definition) is 3. The zero-order chi connectivity index (χ0) is 11.4. The van der Waals surface area contributed by atoms with Gasteiger partial charge in [-0.1, -0.05) is 33.6 Å². The molecule has 1 aromatic rings. The maximum Gasteiger partial charge on any atom is 0.107 e. The molecule has 0 radical (unpaired) electrons. The number of aliphatic hydroxyl groups is 2. The minimum absolute atomic E-state index is 0.495. The molecule has 0 amide bonds. The van der Waals surface area contributed by atoms with Crippen LogP contribution < -0.4 is 5.73 Å². The van der Waals surface area contributed by atoms with Crippen molar-refractivity contribution in [2.45, 2.75) is 25.6 Å². The van der Waals surface area contributed by atoms with Crippen LogP contribution >= 0.6 is 15.9 Å². The van der Waals surface area contributed by atoms with Crippen LogP contribution in [-0.2, 0) is 0 Å². The lowest BCUT2D eigenvalue weighted by Crippen LogP contribution is -2.19. The predicted molar refractivity (Wildman–Crippen MR) is 65.0 cm³/mol. The van der Waals surface area contributed by atoms with Crippen LogP contribution in [0.2, 0.25) is 0 Å². The van der Waals surface area contributed by atoms with Gasteiger partial charge in [-0.2, -0.15) is 0 Å². The summed E-state index contributed by atoms with van der Waals surface area (Å²) in [4.78, 5) is 0. The molecule has 1 aromatic carbocycles. The van der Waals surface area contributed by atoms with Crippen LogP contribution in [0.4, 0.5) is 5.69 Å². The molecule has 15 heavy (non-hydrogen) atoms. The summed E-state index contributed by atoms with van der Waals surface area (Å²) < 4.78 is 0. The van der Waals surface area contributed by atoms with E-state index in [1.54, 1.807) is 12.1 Å². The molecule has 3 nitrogen and oxygen atoms in total. The van der Waals surface area contributed by atoms with E-state index < -0.39 is 12.2 Å². The third-order valence-electron chi connectivity index (χ3n) is 2.33. The number of hydrogen-bond acceptors (Lipinski definition) is 3. The Morgan fingerprint density at radius 2 is 2.07 bits per heavy atom. The first-order valence-electron chi connectivity index (χ1n) is 4.84. The monoisotopic (exact) mass is 273 g/mol. The van der Waals surface area contributed by atoms with Gasteiger partial charge in [0.15, 0.2) is 0 Å². The fraction of sp³-hybridized carbons (Fsp3) is 0.455. The van der Waals surface area contributed by atoms with E-state index in [4.69, 9.17) is 5.73 Å². The number of aliphatic hydroxyl groups excluding tert-OH is 2. The summed E-state index contributed by atoms with van der Waals surface area (Å²) in [6.45, 7) is 1.92. The van der Waals surface area contributed by atoms with Crippen molar-refractivity contribution in [3.63, 3.8) is 0 Å². The Labute approximate surface area is 98.1 Å². The number of nitrogen functional groups attached to an aromatic ring is 1. The molecule has 0 heterocycles. The molecule has 0 saturated heterocycles. The number of aryl methyl sites for hydroxylation is 1. The fourth-order valence-corrected chi connectivity index (χ4v) is 1.90. The molecule has 4 heteroatoms. The van der Waals surface area contributed by atoms with Crippen molar-refractivity contribution in [1.29, 1.82) is 0 Å². The van der Waals surface area contributed by atoms with Gasteiger partial charge in [-0.15, -0.1) is 0 Å². The van der Waals surface area contributed by atoms with Gasteiger partial charge in [-0.05, 0) is 19.4 Å². The first-order valence-corrected chi connectivity index (χ1v) is 5.96. The lowest BCUT2D eigenvalue weighted by atomic mass is 9.99. The molecular formula is C11H16BrNO2. The first kappa shape index (κ1) is 12.5. The second-order valence-corrected chi connectivity index (χ2v) is 4.42. The molecule has 1 rings (SSSR count). The number of nitrogens with two attached hydrogens (primary N) is 1. The first-order chi connectivity index (χ1) is 7.06. The third kappa shape index (κ3) is 3.19. The number of rotatable bonds is 4. The van der Waals surface area contributed by atoms with E-state index >= 15 is 0 Å². The molecule has 0 aliphatic heterocycles. The Morgan fingerprint density at radius 3 is 2.67 bits per heavy atom. The summed E-state index contributed by atoms with van der Waals surface area (Å²) in [6, 6.07) is 5.43. The summed E-state index contributed by atoms with van der Waals surface area (Å²) in [5.41, 5.74) is 7.88. The van der Waals surface area contributed by atoms with Crippen molar-refractivity contribution >= 4 is 21.6 Å². The molecule has 0 aliphatic rings. The van der Waals surface area contributed by atoms with E-state index in [9.17, 15) is 10.2 Å². The smallest absolute Gasteiger partial charge is 0.107 e. The Hall–Kier alpha value is -0.580. The topological polar surface area (TPSA) is 66.5 Å². The maximum atomic E-state index is 9.87. The number of halogens is 1. The molecule has 0 aliphatic carbocycles. The van der Waals surface area contributed by atoms with Crippen molar-refractivity contribution in [3.05, 3.63) is 29.3 Å². The molecule has 84 valence electrons. The summed E-state index contributed by atoms with van der Waals surface area (Å²) in [5, 5.41) is 20.2. The standard InChI is InChI=1S/C11H16BrNO2/c1-7-2-3-9(13)8(6-7)11(15)10(14)4-5-12/h2-3,6,10-11,14-15H,4-5,13H2,1H3. The van der Waals surface area contributed by atoms with E-state index in [0.717, 1.165) is 5.56 Å². The third-order valence-corrected chi connectivity index (χ3v) is 2.79. The number of benzene rings is 1. The highest BCUT2D eigenvalue weighted by molar-refractivity contribution is 9.09. The maximum absolute atomic E-state index is 9.87. The molecule has 0 aromatic heterocycles. The second-order valence-electron chi connectivity index (χ2n) is 3.62. The molecule has 2 unspecified atom stereocenters.